The molecule has 0 radical (unpaired) electrons. The highest BCUT2D eigenvalue weighted by atomic mass is 35.5. The van der Waals surface area contributed by atoms with Gasteiger partial charge in [-0.15, -0.1) is 16.4 Å². The fourth-order valence-electron chi connectivity index (χ4n) is 5.03. The van der Waals surface area contributed by atoms with Gasteiger partial charge in [0.1, 0.15) is 17.6 Å². The fourth-order valence-corrected chi connectivity index (χ4v) is 6.64. The Bertz CT molecular complexity index is 1750. The van der Waals surface area contributed by atoms with Gasteiger partial charge in [-0.2, -0.15) is 5.26 Å². The molecule has 0 saturated carbocycles. The molecule has 0 amide bonds. The molecule has 0 saturated heterocycles. The van der Waals surface area contributed by atoms with Crippen LogP contribution in [0, 0.1) is 17.1 Å². The summed E-state index contributed by atoms with van der Waals surface area (Å²) in [6.07, 6.45) is 4.20. The van der Waals surface area contributed by atoms with Gasteiger partial charge in [0, 0.05) is 47.1 Å². The lowest BCUT2D eigenvalue weighted by molar-refractivity contribution is 0.271. The monoisotopic (exact) mass is 592 g/mol. The van der Waals surface area contributed by atoms with E-state index in [4.69, 9.17) is 23.2 Å². The zero-order valence-electron chi connectivity index (χ0n) is 21.3. The van der Waals surface area contributed by atoms with E-state index in [1.165, 1.54) is 28.8 Å². The fraction of sp³-hybridized carbons (Fsp3) is 0.214. The van der Waals surface area contributed by atoms with Gasteiger partial charge in [0.25, 0.3) is 0 Å². The second kappa shape index (κ2) is 11.0. The predicted octanol–water partition coefficient (Wildman–Crippen LogP) is 7.06. The average Bonchev–Trinajstić information content (AvgIpc) is 3.64. The molecule has 6 rings (SSSR count). The van der Waals surface area contributed by atoms with Crippen LogP contribution in [0.15, 0.2) is 48.1 Å². The number of fused-ring (bicyclic) bond motifs is 2. The highest BCUT2D eigenvalue weighted by Crippen LogP contribution is 2.39. The smallest absolute Gasteiger partial charge is 0.141 e. The zero-order chi connectivity index (χ0) is 27.8. The molecule has 0 fully saturated rings. The van der Waals surface area contributed by atoms with Gasteiger partial charge in [-0.3, -0.25) is 15.0 Å². The van der Waals surface area contributed by atoms with Crippen LogP contribution in [0.2, 0.25) is 10.0 Å². The maximum absolute atomic E-state index is 13.8. The van der Waals surface area contributed by atoms with Crippen molar-refractivity contribution in [3.63, 3.8) is 0 Å². The number of aromatic nitrogens is 4. The molecule has 0 unspecified atom stereocenters. The number of likely N-dealkylation sites (N-methyl/N-ethyl adjacent to an activating group) is 1. The van der Waals surface area contributed by atoms with Gasteiger partial charge in [0.05, 0.1) is 32.9 Å². The number of anilines is 3. The van der Waals surface area contributed by atoms with Crippen LogP contribution in [-0.4, -0.2) is 38.4 Å². The summed E-state index contributed by atoms with van der Waals surface area (Å²) >= 11 is 14.5. The molecule has 2 aromatic carbocycles. The van der Waals surface area contributed by atoms with Crippen LogP contribution in [0.3, 0.4) is 0 Å². The van der Waals surface area contributed by atoms with Crippen molar-refractivity contribution < 1.29 is 4.39 Å². The molecular weight excluding hydrogens is 570 g/mol. The molecule has 8 nitrogen and oxygen atoms in total. The molecule has 1 aliphatic rings. The second-order valence-electron chi connectivity index (χ2n) is 9.45. The summed E-state index contributed by atoms with van der Waals surface area (Å²) in [5, 5.41) is 31.0. The van der Waals surface area contributed by atoms with Crippen molar-refractivity contribution >= 4 is 62.5 Å². The Labute approximate surface area is 243 Å². The summed E-state index contributed by atoms with van der Waals surface area (Å²) in [4.78, 5) is 8.24. The van der Waals surface area contributed by atoms with E-state index in [9.17, 15) is 9.65 Å². The number of aromatic amines is 1. The van der Waals surface area contributed by atoms with E-state index in [-0.39, 0.29) is 11.1 Å². The molecule has 3 aromatic heterocycles. The van der Waals surface area contributed by atoms with E-state index in [2.05, 4.69) is 54.3 Å². The first-order valence-electron chi connectivity index (χ1n) is 12.6. The number of pyridine rings is 1. The van der Waals surface area contributed by atoms with Crippen molar-refractivity contribution in [2.24, 2.45) is 0 Å². The molecule has 12 heteroatoms. The minimum absolute atomic E-state index is 0.0288. The maximum atomic E-state index is 13.8. The number of nitrogens with one attached hydrogen (secondary N) is 3. The molecule has 0 bridgehead atoms. The standard InChI is InChI=1S/C28H23Cl2FN8S/c1-2-39-6-5-18-20(14-40-25(18)13-39)28(24-12-34-38-37-24)36-17-7-19-26(35-16-3-4-23(31)21(29)8-16)15(10-32)11-33-27(19)22(30)9-17/h3-4,7-9,11-12,14,28,36H,2,5-6,13H2,1H3,(H,33,35)(H,34,37,38)/t28-/m0/s1. The van der Waals surface area contributed by atoms with Crippen LogP contribution in [0.4, 0.5) is 21.5 Å². The number of hydrogen-bond acceptors (Lipinski definition) is 8. The number of H-pyrrole nitrogens is 1. The van der Waals surface area contributed by atoms with Crippen molar-refractivity contribution in [3.8, 4) is 6.07 Å². The van der Waals surface area contributed by atoms with Gasteiger partial charge in [-0.1, -0.05) is 35.3 Å². The third-order valence-electron chi connectivity index (χ3n) is 7.09. The third-order valence-corrected chi connectivity index (χ3v) is 8.70. The first-order valence-corrected chi connectivity index (χ1v) is 14.3. The van der Waals surface area contributed by atoms with E-state index >= 15 is 0 Å². The Morgan fingerprint density at radius 2 is 2.08 bits per heavy atom. The first kappa shape index (κ1) is 26.5. The Morgan fingerprint density at radius 1 is 1.23 bits per heavy atom. The van der Waals surface area contributed by atoms with Gasteiger partial charge < -0.3 is 10.6 Å². The van der Waals surface area contributed by atoms with Crippen LogP contribution >= 0.6 is 34.5 Å². The lowest BCUT2D eigenvalue weighted by Crippen LogP contribution is -2.30. The summed E-state index contributed by atoms with van der Waals surface area (Å²) < 4.78 is 13.8. The van der Waals surface area contributed by atoms with Crippen LogP contribution in [0.25, 0.3) is 10.9 Å². The van der Waals surface area contributed by atoms with Crippen LogP contribution in [0.5, 0.6) is 0 Å². The van der Waals surface area contributed by atoms with Crippen molar-refractivity contribution in [1.29, 1.82) is 5.26 Å². The van der Waals surface area contributed by atoms with E-state index in [1.807, 2.05) is 12.1 Å². The van der Waals surface area contributed by atoms with Gasteiger partial charge in [-0.25, -0.2) is 4.39 Å². The lowest BCUT2D eigenvalue weighted by Gasteiger charge is -2.27. The van der Waals surface area contributed by atoms with E-state index < -0.39 is 5.82 Å². The van der Waals surface area contributed by atoms with Gasteiger partial charge in [0.15, 0.2) is 0 Å². The number of benzene rings is 2. The summed E-state index contributed by atoms with van der Waals surface area (Å²) in [5.74, 6) is -0.529. The molecule has 0 aliphatic carbocycles. The molecule has 3 N–H and O–H groups in total. The van der Waals surface area contributed by atoms with Crippen molar-refractivity contribution in [2.75, 3.05) is 23.7 Å². The molecule has 4 heterocycles. The van der Waals surface area contributed by atoms with Crippen LogP contribution in [-0.2, 0) is 13.0 Å². The van der Waals surface area contributed by atoms with Gasteiger partial charge in [0.2, 0.25) is 0 Å². The summed E-state index contributed by atoms with van der Waals surface area (Å²) in [7, 11) is 0. The van der Waals surface area contributed by atoms with Crippen LogP contribution in [0.1, 0.15) is 40.2 Å². The molecule has 1 atom stereocenters. The highest BCUT2D eigenvalue weighted by Gasteiger charge is 2.27. The second-order valence-corrected chi connectivity index (χ2v) is 11.2. The number of thiophene rings is 1. The third kappa shape index (κ3) is 4.97. The summed E-state index contributed by atoms with van der Waals surface area (Å²) in [6, 6.07) is 9.90. The van der Waals surface area contributed by atoms with Gasteiger partial charge in [-0.05, 0) is 59.8 Å². The number of nitriles is 1. The van der Waals surface area contributed by atoms with Crippen molar-refractivity contribution in [3.05, 3.63) is 91.2 Å². The maximum Gasteiger partial charge on any atom is 0.141 e. The zero-order valence-corrected chi connectivity index (χ0v) is 23.6. The first-order chi connectivity index (χ1) is 19.4. The Morgan fingerprint density at radius 3 is 2.83 bits per heavy atom. The van der Waals surface area contributed by atoms with E-state index in [0.717, 1.165) is 37.3 Å². The quantitative estimate of drug-likeness (QED) is 0.186. The summed E-state index contributed by atoms with van der Waals surface area (Å²) in [5.41, 5.74) is 5.80. The number of halogens is 3. The van der Waals surface area contributed by atoms with Gasteiger partial charge >= 0.3 is 0 Å². The van der Waals surface area contributed by atoms with E-state index in [0.29, 0.717) is 38.6 Å². The predicted molar refractivity (Wildman–Crippen MR) is 157 cm³/mol. The number of rotatable bonds is 7. The largest absolute Gasteiger partial charge is 0.373 e. The van der Waals surface area contributed by atoms with Crippen LogP contribution < -0.4 is 10.6 Å². The molecule has 0 spiro atoms. The van der Waals surface area contributed by atoms with Crippen molar-refractivity contribution in [2.45, 2.75) is 25.9 Å². The lowest BCUT2D eigenvalue weighted by atomic mass is 9.96. The molecule has 5 aromatic rings. The minimum atomic E-state index is -0.529. The molecule has 1 aliphatic heterocycles. The Hall–Kier alpha value is -3.75. The topological polar surface area (TPSA) is 106 Å². The van der Waals surface area contributed by atoms with E-state index in [1.54, 1.807) is 23.6 Å². The normalized spacial score (nSPS) is 14.1. The molecular formula is C28H23Cl2FN8S. The molecule has 40 heavy (non-hydrogen) atoms. The average molecular weight is 594 g/mol. The SMILES string of the molecule is CCN1CCc2c([C@H](Nc3cc(Cl)c4ncc(C#N)c(Nc5ccc(F)c(Cl)c5)c4c3)c3c[nH]nn3)csc2C1. The minimum Gasteiger partial charge on any atom is -0.373 e. The number of hydrogen-bond donors (Lipinski definition) is 3. The Kier molecular flexibility index (Phi) is 7.29. The Balaban J connectivity index is 1.43. The summed E-state index contributed by atoms with van der Waals surface area (Å²) in [6.45, 7) is 5.15. The number of nitrogens with zero attached hydrogens (tertiary/aromatic N) is 5. The highest BCUT2D eigenvalue weighted by molar-refractivity contribution is 7.10. The molecule has 202 valence electrons. The van der Waals surface area contributed by atoms with Crippen molar-refractivity contribution in [1.82, 2.24) is 25.3 Å².